The Kier molecular flexibility index (Phi) is 5.24. The van der Waals surface area contributed by atoms with Crippen molar-refractivity contribution in [3.63, 3.8) is 0 Å². The van der Waals surface area contributed by atoms with Crippen molar-refractivity contribution in [2.24, 2.45) is 5.92 Å². The minimum atomic E-state index is -0.469. The molecular formula is C26H27FN2O. The highest BCUT2D eigenvalue weighted by Gasteiger charge is 2.36. The van der Waals surface area contributed by atoms with Crippen molar-refractivity contribution >= 4 is 16.7 Å². The number of likely N-dealkylation sites (tertiary alicyclic amines) is 1. The fraction of sp³-hybridized carbons (Fsp3) is 0.385. The van der Waals surface area contributed by atoms with Crippen molar-refractivity contribution in [1.29, 1.82) is 0 Å². The molecule has 1 aliphatic heterocycles. The Bertz CT molecular complexity index is 1070. The van der Waals surface area contributed by atoms with Gasteiger partial charge in [-0.3, -0.25) is 4.79 Å². The Balaban J connectivity index is 1.35. The summed E-state index contributed by atoms with van der Waals surface area (Å²) in [4.78, 5) is 18.8. The smallest absolute Gasteiger partial charge is 0.226 e. The summed E-state index contributed by atoms with van der Waals surface area (Å²) >= 11 is 0. The van der Waals surface area contributed by atoms with Gasteiger partial charge in [0, 0.05) is 30.8 Å². The summed E-state index contributed by atoms with van der Waals surface area (Å²) in [5.41, 5.74) is 3.00. The molecule has 154 valence electrons. The van der Waals surface area contributed by atoms with E-state index < -0.39 is 5.95 Å². The highest BCUT2D eigenvalue weighted by molar-refractivity contribution is 5.88. The fourth-order valence-electron chi connectivity index (χ4n) is 5.18. The van der Waals surface area contributed by atoms with E-state index in [1.807, 2.05) is 12.1 Å². The largest absolute Gasteiger partial charge is 0.339 e. The van der Waals surface area contributed by atoms with Gasteiger partial charge in [0.15, 0.2) is 0 Å². The van der Waals surface area contributed by atoms with E-state index in [1.54, 1.807) is 0 Å². The van der Waals surface area contributed by atoms with Gasteiger partial charge in [0.25, 0.3) is 0 Å². The van der Waals surface area contributed by atoms with E-state index in [-0.39, 0.29) is 5.92 Å². The van der Waals surface area contributed by atoms with Crippen LogP contribution in [0.25, 0.3) is 21.9 Å². The summed E-state index contributed by atoms with van der Waals surface area (Å²) < 4.78 is 13.5. The molecule has 0 bridgehead atoms. The lowest BCUT2D eigenvalue weighted by Crippen LogP contribution is -2.39. The molecule has 1 aliphatic carbocycles. The van der Waals surface area contributed by atoms with Gasteiger partial charge < -0.3 is 4.90 Å². The van der Waals surface area contributed by atoms with Crippen LogP contribution >= 0.6 is 0 Å². The third kappa shape index (κ3) is 3.83. The monoisotopic (exact) mass is 402 g/mol. The number of nitrogens with zero attached hydrogens (tertiary/aromatic N) is 2. The maximum absolute atomic E-state index is 13.5. The van der Waals surface area contributed by atoms with Crippen LogP contribution in [-0.2, 0) is 11.2 Å². The number of benzene rings is 2. The Morgan fingerprint density at radius 3 is 2.53 bits per heavy atom. The molecule has 5 rings (SSSR count). The second-order valence-electron chi connectivity index (χ2n) is 8.78. The maximum atomic E-state index is 13.5. The first-order valence-corrected chi connectivity index (χ1v) is 11.1. The lowest BCUT2D eigenvalue weighted by Gasteiger charge is -2.31. The van der Waals surface area contributed by atoms with Gasteiger partial charge in [-0.25, -0.2) is 4.98 Å². The SMILES string of the molecule is O=C1C(Cc2ccc3ccc(-c4ccnc(F)c4)cc3c2)CCN1C1CCCCC1. The molecule has 2 fully saturated rings. The first-order chi connectivity index (χ1) is 14.7. The molecule has 0 spiro atoms. The van der Waals surface area contributed by atoms with E-state index in [1.165, 1.54) is 49.9 Å². The van der Waals surface area contributed by atoms with Crippen molar-refractivity contribution in [2.75, 3.05) is 6.54 Å². The Hall–Kier alpha value is -2.75. The highest BCUT2D eigenvalue weighted by atomic mass is 19.1. The van der Waals surface area contributed by atoms with Gasteiger partial charge in [-0.1, -0.05) is 49.6 Å². The molecule has 3 nitrogen and oxygen atoms in total. The second kappa shape index (κ2) is 8.17. The van der Waals surface area contributed by atoms with Crippen molar-refractivity contribution in [3.05, 3.63) is 66.2 Å². The molecule has 1 saturated carbocycles. The molecule has 3 aromatic rings. The minimum Gasteiger partial charge on any atom is -0.339 e. The number of halogens is 1. The number of fused-ring (bicyclic) bond motifs is 1. The Labute approximate surface area is 176 Å². The third-order valence-corrected chi connectivity index (χ3v) is 6.81. The fourth-order valence-corrected chi connectivity index (χ4v) is 5.18. The van der Waals surface area contributed by atoms with E-state index in [0.717, 1.165) is 41.3 Å². The van der Waals surface area contributed by atoms with E-state index in [9.17, 15) is 9.18 Å². The number of rotatable bonds is 4. The molecule has 4 heteroatoms. The topological polar surface area (TPSA) is 33.2 Å². The molecule has 2 heterocycles. The zero-order valence-corrected chi connectivity index (χ0v) is 17.2. The van der Waals surface area contributed by atoms with Gasteiger partial charge in [-0.2, -0.15) is 4.39 Å². The normalized spacial score (nSPS) is 20.2. The van der Waals surface area contributed by atoms with Crippen LogP contribution in [0.1, 0.15) is 44.1 Å². The third-order valence-electron chi connectivity index (χ3n) is 6.81. The zero-order chi connectivity index (χ0) is 20.5. The molecule has 0 N–H and O–H groups in total. The molecule has 2 aliphatic rings. The second-order valence-corrected chi connectivity index (χ2v) is 8.78. The van der Waals surface area contributed by atoms with Gasteiger partial charge in [0.2, 0.25) is 11.9 Å². The Morgan fingerprint density at radius 2 is 1.70 bits per heavy atom. The molecular weight excluding hydrogens is 375 g/mol. The molecule has 1 atom stereocenters. The minimum absolute atomic E-state index is 0.0989. The molecule has 1 aromatic heterocycles. The molecule has 30 heavy (non-hydrogen) atoms. The number of carbonyl (C=O) groups is 1. The quantitative estimate of drug-likeness (QED) is 0.520. The summed E-state index contributed by atoms with van der Waals surface area (Å²) in [5, 5.41) is 2.27. The van der Waals surface area contributed by atoms with Crippen LogP contribution in [0.3, 0.4) is 0 Å². The van der Waals surface area contributed by atoms with Crippen LogP contribution in [0.2, 0.25) is 0 Å². The van der Waals surface area contributed by atoms with Crippen molar-refractivity contribution < 1.29 is 9.18 Å². The number of amides is 1. The van der Waals surface area contributed by atoms with Crippen LogP contribution in [0.4, 0.5) is 4.39 Å². The molecule has 1 unspecified atom stereocenters. The van der Waals surface area contributed by atoms with E-state index in [4.69, 9.17) is 0 Å². The number of hydrogen-bond acceptors (Lipinski definition) is 2. The van der Waals surface area contributed by atoms with E-state index >= 15 is 0 Å². The van der Waals surface area contributed by atoms with Crippen LogP contribution in [0.15, 0.2) is 54.7 Å². The van der Waals surface area contributed by atoms with Crippen LogP contribution in [-0.4, -0.2) is 28.4 Å². The van der Waals surface area contributed by atoms with Crippen LogP contribution < -0.4 is 0 Å². The predicted molar refractivity (Wildman–Crippen MR) is 118 cm³/mol. The first kappa shape index (κ1) is 19.2. The van der Waals surface area contributed by atoms with Gasteiger partial charge >= 0.3 is 0 Å². The van der Waals surface area contributed by atoms with Gasteiger partial charge in [0.05, 0.1) is 0 Å². The molecule has 1 amide bonds. The number of pyridine rings is 1. The van der Waals surface area contributed by atoms with Crippen LogP contribution in [0.5, 0.6) is 0 Å². The lowest BCUT2D eigenvalue weighted by atomic mass is 9.93. The summed E-state index contributed by atoms with van der Waals surface area (Å²) in [7, 11) is 0. The van der Waals surface area contributed by atoms with E-state index in [2.05, 4.69) is 40.2 Å². The predicted octanol–water partition coefficient (Wildman–Crippen LogP) is 5.76. The number of hydrogen-bond donors (Lipinski definition) is 0. The zero-order valence-electron chi connectivity index (χ0n) is 17.2. The van der Waals surface area contributed by atoms with Gasteiger partial charge in [-0.15, -0.1) is 0 Å². The summed E-state index contributed by atoms with van der Waals surface area (Å²) in [6.45, 7) is 0.916. The number of aromatic nitrogens is 1. The van der Waals surface area contributed by atoms with Crippen molar-refractivity contribution in [1.82, 2.24) is 9.88 Å². The molecule has 0 radical (unpaired) electrons. The number of carbonyl (C=O) groups excluding carboxylic acids is 1. The van der Waals surface area contributed by atoms with Crippen molar-refractivity contribution in [2.45, 2.75) is 51.0 Å². The maximum Gasteiger partial charge on any atom is 0.226 e. The summed E-state index contributed by atoms with van der Waals surface area (Å²) in [6.07, 6.45) is 9.43. The summed E-state index contributed by atoms with van der Waals surface area (Å²) in [6, 6.07) is 16.4. The average molecular weight is 403 g/mol. The Morgan fingerprint density at radius 1 is 0.900 bits per heavy atom. The van der Waals surface area contributed by atoms with E-state index in [0.29, 0.717) is 11.9 Å². The lowest BCUT2D eigenvalue weighted by molar-refractivity contribution is -0.133. The standard InChI is InChI=1S/C26H27FN2O/c27-25-17-21(10-12-28-25)20-9-8-19-7-6-18(15-23(19)16-20)14-22-11-13-29(26(22)30)24-4-2-1-3-5-24/h6-10,12,15-17,22,24H,1-5,11,13-14H2. The summed E-state index contributed by atoms with van der Waals surface area (Å²) in [5.74, 6) is -0.0199. The van der Waals surface area contributed by atoms with Crippen molar-refractivity contribution in [3.8, 4) is 11.1 Å². The first-order valence-electron chi connectivity index (χ1n) is 11.1. The van der Waals surface area contributed by atoms with Gasteiger partial charge in [0.1, 0.15) is 0 Å². The molecule has 2 aromatic carbocycles. The molecule has 1 saturated heterocycles. The average Bonchev–Trinajstić information content (AvgIpc) is 3.14. The van der Waals surface area contributed by atoms with Crippen LogP contribution in [0, 0.1) is 11.9 Å². The highest BCUT2D eigenvalue weighted by Crippen LogP contribution is 2.31. The van der Waals surface area contributed by atoms with Gasteiger partial charge in [-0.05, 0) is 65.3 Å².